The van der Waals surface area contributed by atoms with Gasteiger partial charge in [-0.05, 0) is 64.3 Å². The Morgan fingerprint density at radius 3 is 2.94 bits per heavy atom. The van der Waals surface area contributed by atoms with E-state index in [1.54, 1.807) is 24.3 Å². The highest BCUT2D eigenvalue weighted by atomic mass is 32.2. The summed E-state index contributed by atoms with van der Waals surface area (Å²) in [6, 6.07) is 7.62. The molecule has 1 aromatic carbocycles. The number of fused-ring (bicyclic) bond motifs is 1. The quantitative estimate of drug-likeness (QED) is 0.164. The third-order valence-corrected chi connectivity index (χ3v) is 7.31. The van der Waals surface area contributed by atoms with Crippen molar-refractivity contribution in [3.05, 3.63) is 36.3 Å². The molecule has 0 aliphatic carbocycles. The Bertz CT molecular complexity index is 1050. The number of piperidine rings is 1. The molecule has 2 aliphatic rings. The Kier molecular flexibility index (Phi) is 7.12. The number of halogens is 1. The minimum Gasteiger partial charge on any atom is -0.609 e. The summed E-state index contributed by atoms with van der Waals surface area (Å²) in [5.41, 5.74) is 1.18. The number of hydrogen-bond acceptors (Lipinski definition) is 9. The SMILES string of the molecule is C[S+]([O-])/C(=N/N)N(N)c1cccc(Nc2ncc(F)c(N[C@@H]3CC4CCCN4C(C)(C)C3)n2)c1. The van der Waals surface area contributed by atoms with E-state index < -0.39 is 17.0 Å². The zero-order valence-electron chi connectivity index (χ0n) is 19.7. The van der Waals surface area contributed by atoms with Crippen LogP contribution in [0, 0.1) is 5.82 Å². The van der Waals surface area contributed by atoms with Gasteiger partial charge < -0.3 is 21.0 Å². The number of benzene rings is 1. The fourth-order valence-electron chi connectivity index (χ4n) is 5.09. The van der Waals surface area contributed by atoms with Crippen LogP contribution in [0.2, 0.25) is 0 Å². The molecule has 3 atom stereocenters. The number of hydrazine groups is 1. The third-order valence-electron chi connectivity index (χ3n) is 6.50. The van der Waals surface area contributed by atoms with E-state index in [1.165, 1.54) is 19.1 Å². The predicted octanol–water partition coefficient (Wildman–Crippen LogP) is 2.46. The van der Waals surface area contributed by atoms with Crippen molar-refractivity contribution in [2.24, 2.45) is 16.8 Å². The lowest BCUT2D eigenvalue weighted by Crippen LogP contribution is -2.55. The summed E-state index contributed by atoms with van der Waals surface area (Å²) in [6.07, 6.45) is 6.86. The number of amidine groups is 1. The van der Waals surface area contributed by atoms with Crippen molar-refractivity contribution in [3.8, 4) is 0 Å². The molecular weight excluding hydrogens is 457 g/mol. The van der Waals surface area contributed by atoms with Gasteiger partial charge in [-0.2, -0.15) is 4.98 Å². The van der Waals surface area contributed by atoms with Gasteiger partial charge in [-0.3, -0.25) is 4.90 Å². The van der Waals surface area contributed by atoms with Gasteiger partial charge in [0.05, 0.1) is 11.9 Å². The molecule has 0 spiro atoms. The second-order valence-corrected chi connectivity index (χ2v) is 10.7. The van der Waals surface area contributed by atoms with Gasteiger partial charge >= 0.3 is 5.17 Å². The summed E-state index contributed by atoms with van der Waals surface area (Å²) < 4.78 is 26.4. The van der Waals surface area contributed by atoms with E-state index in [0.29, 0.717) is 17.4 Å². The highest BCUT2D eigenvalue weighted by Crippen LogP contribution is 2.38. The number of rotatable bonds is 5. The molecule has 0 bridgehead atoms. The summed E-state index contributed by atoms with van der Waals surface area (Å²) in [6.45, 7) is 5.64. The van der Waals surface area contributed by atoms with Crippen molar-refractivity contribution in [2.45, 2.75) is 57.2 Å². The van der Waals surface area contributed by atoms with Gasteiger partial charge in [0.1, 0.15) is 6.26 Å². The van der Waals surface area contributed by atoms with E-state index in [9.17, 15) is 8.94 Å². The Balaban J connectivity index is 1.49. The van der Waals surface area contributed by atoms with Crippen LogP contribution in [0.15, 0.2) is 35.6 Å². The Labute approximate surface area is 202 Å². The van der Waals surface area contributed by atoms with Gasteiger partial charge in [0, 0.05) is 34.5 Å². The van der Waals surface area contributed by atoms with Gasteiger partial charge in [0.25, 0.3) is 0 Å². The molecule has 2 aliphatic heterocycles. The van der Waals surface area contributed by atoms with Gasteiger partial charge in [-0.1, -0.05) is 6.07 Å². The maximum atomic E-state index is 14.6. The van der Waals surface area contributed by atoms with Crippen LogP contribution in [0.5, 0.6) is 0 Å². The molecule has 2 saturated heterocycles. The molecule has 0 radical (unpaired) electrons. The molecule has 6 N–H and O–H groups in total. The lowest BCUT2D eigenvalue weighted by molar-refractivity contribution is 0.0500. The summed E-state index contributed by atoms with van der Waals surface area (Å²) in [5, 5.41) is 11.1. The molecule has 4 rings (SSSR count). The first kappa shape index (κ1) is 24.5. The lowest BCUT2D eigenvalue weighted by Gasteiger charge is -2.47. The number of anilines is 4. The van der Waals surface area contributed by atoms with Crippen molar-refractivity contribution in [2.75, 3.05) is 28.4 Å². The summed E-state index contributed by atoms with van der Waals surface area (Å²) >= 11 is -1.47. The minimum atomic E-state index is -1.47. The molecule has 0 amide bonds. The highest BCUT2D eigenvalue weighted by Gasteiger charge is 2.43. The monoisotopic (exact) mass is 489 g/mol. The molecular formula is C22H32FN9OS. The fraction of sp³-hybridized carbons (Fsp3) is 0.500. The molecule has 184 valence electrons. The van der Waals surface area contributed by atoms with Crippen LogP contribution in [0.25, 0.3) is 0 Å². The average Bonchev–Trinajstić information content (AvgIpc) is 3.26. The molecule has 12 heteroatoms. The van der Waals surface area contributed by atoms with E-state index in [4.69, 9.17) is 11.7 Å². The van der Waals surface area contributed by atoms with Crippen molar-refractivity contribution >= 4 is 39.5 Å². The Hall–Kier alpha value is -2.67. The van der Waals surface area contributed by atoms with Crippen molar-refractivity contribution in [1.82, 2.24) is 14.9 Å². The van der Waals surface area contributed by atoms with Crippen molar-refractivity contribution < 1.29 is 8.94 Å². The van der Waals surface area contributed by atoms with E-state index >= 15 is 0 Å². The number of nitrogens with one attached hydrogen (secondary N) is 2. The maximum absolute atomic E-state index is 14.6. The summed E-state index contributed by atoms with van der Waals surface area (Å²) in [5.74, 6) is 11.3. The van der Waals surface area contributed by atoms with E-state index in [0.717, 1.165) is 30.6 Å². The second kappa shape index (κ2) is 9.90. The summed E-state index contributed by atoms with van der Waals surface area (Å²) in [4.78, 5) is 11.1. The average molecular weight is 490 g/mol. The first-order chi connectivity index (χ1) is 16.2. The van der Waals surface area contributed by atoms with Crippen molar-refractivity contribution in [3.63, 3.8) is 0 Å². The number of nitrogens with two attached hydrogens (primary N) is 2. The zero-order chi connectivity index (χ0) is 24.5. The molecule has 34 heavy (non-hydrogen) atoms. The normalized spacial score (nSPS) is 23.3. The fourth-order valence-corrected chi connectivity index (χ4v) is 5.62. The maximum Gasteiger partial charge on any atom is 0.354 e. The van der Waals surface area contributed by atoms with E-state index in [-0.39, 0.29) is 28.5 Å². The van der Waals surface area contributed by atoms with Crippen molar-refractivity contribution in [1.29, 1.82) is 0 Å². The number of hydrazone groups is 1. The first-order valence-electron chi connectivity index (χ1n) is 11.3. The molecule has 3 heterocycles. The lowest BCUT2D eigenvalue weighted by atomic mass is 9.84. The topological polar surface area (TPSA) is 144 Å². The minimum absolute atomic E-state index is 0.0258. The summed E-state index contributed by atoms with van der Waals surface area (Å²) in [7, 11) is 0. The predicted molar refractivity (Wildman–Crippen MR) is 135 cm³/mol. The zero-order valence-corrected chi connectivity index (χ0v) is 20.5. The van der Waals surface area contributed by atoms with Gasteiger partial charge in [0.15, 0.2) is 11.6 Å². The largest absolute Gasteiger partial charge is 0.609 e. The molecule has 2 fully saturated rings. The molecule has 10 nitrogen and oxygen atoms in total. The van der Waals surface area contributed by atoms with Gasteiger partial charge in [-0.25, -0.2) is 20.2 Å². The highest BCUT2D eigenvalue weighted by molar-refractivity contribution is 8.06. The van der Waals surface area contributed by atoms with Gasteiger partial charge in [-0.15, -0.1) is 5.10 Å². The number of hydrogen-bond donors (Lipinski definition) is 4. The number of aromatic nitrogens is 2. The standard InChI is InChI=1S/C22H32FN9OS/c1-22(2)12-15(11-16-8-5-9-31(16)22)27-19-18(23)13-26-20(29-19)28-14-6-4-7-17(10-14)32(25)21(30-24)34(3)33/h4,6-7,10,13,15-16H,5,8-9,11-12,24-25H2,1-3H3,(H2,26,27,28,29)/b30-21+/t15-,16?,34?/m1/s1. The second-order valence-electron chi connectivity index (χ2n) is 9.38. The van der Waals surface area contributed by atoms with Crippen LogP contribution in [-0.2, 0) is 11.2 Å². The molecule has 2 aromatic rings. The molecule has 2 unspecified atom stereocenters. The van der Waals surface area contributed by atoms with Crippen LogP contribution >= 0.6 is 0 Å². The van der Waals surface area contributed by atoms with Crippen LogP contribution in [0.3, 0.4) is 0 Å². The molecule has 0 saturated carbocycles. The van der Waals surface area contributed by atoms with Gasteiger partial charge in [0.2, 0.25) is 5.95 Å². The smallest absolute Gasteiger partial charge is 0.354 e. The van der Waals surface area contributed by atoms with Crippen LogP contribution in [0.4, 0.5) is 27.5 Å². The Morgan fingerprint density at radius 1 is 1.41 bits per heavy atom. The molecule has 1 aromatic heterocycles. The van der Waals surface area contributed by atoms with E-state index in [1.807, 2.05) is 0 Å². The van der Waals surface area contributed by atoms with E-state index in [2.05, 4.69) is 44.5 Å². The number of nitrogens with zero attached hydrogens (tertiary/aromatic N) is 5. The Morgan fingerprint density at radius 2 is 2.21 bits per heavy atom. The first-order valence-corrected chi connectivity index (χ1v) is 12.8. The van der Waals surface area contributed by atoms with Crippen LogP contribution in [-0.4, -0.2) is 55.0 Å². The van der Waals surface area contributed by atoms with Crippen LogP contribution < -0.4 is 27.3 Å². The third kappa shape index (κ3) is 5.19. The van der Waals surface area contributed by atoms with Crippen LogP contribution in [0.1, 0.15) is 39.5 Å².